The van der Waals surface area contributed by atoms with Gasteiger partial charge in [-0.15, -0.1) is 0 Å². The average molecular weight is 368 g/mol. The van der Waals surface area contributed by atoms with E-state index < -0.39 is 11.8 Å². The summed E-state index contributed by atoms with van der Waals surface area (Å²) in [5.41, 5.74) is 6.49. The van der Waals surface area contributed by atoms with Crippen LogP contribution in [0.1, 0.15) is 43.7 Å². The SMILES string of the molecule is CC1=C(c2ccc3c(c2)CCO3)C=CC2CCC(CC3CC3(F)F)=NN=C12. The molecule has 140 valence electrons. The van der Waals surface area contributed by atoms with Crippen LogP contribution < -0.4 is 4.74 Å². The van der Waals surface area contributed by atoms with Crippen molar-refractivity contribution in [2.45, 2.75) is 45.0 Å². The summed E-state index contributed by atoms with van der Waals surface area (Å²) in [6.45, 7) is 2.84. The highest BCUT2D eigenvalue weighted by atomic mass is 19.3. The van der Waals surface area contributed by atoms with Crippen molar-refractivity contribution >= 4 is 17.0 Å². The molecule has 5 heteroatoms. The summed E-state index contributed by atoms with van der Waals surface area (Å²) < 4.78 is 32.1. The number of halogens is 2. The molecule has 5 rings (SSSR count). The van der Waals surface area contributed by atoms with E-state index in [0.29, 0.717) is 6.42 Å². The molecule has 4 aliphatic rings. The van der Waals surface area contributed by atoms with Crippen LogP contribution >= 0.6 is 0 Å². The van der Waals surface area contributed by atoms with Gasteiger partial charge in [0, 0.05) is 30.4 Å². The zero-order chi connectivity index (χ0) is 18.6. The molecule has 0 amide bonds. The second-order valence-electron chi connectivity index (χ2n) is 7.98. The maximum absolute atomic E-state index is 13.2. The van der Waals surface area contributed by atoms with E-state index in [1.165, 1.54) is 11.1 Å². The summed E-state index contributed by atoms with van der Waals surface area (Å²) in [7, 11) is 0. The van der Waals surface area contributed by atoms with E-state index in [4.69, 9.17) is 4.74 Å². The quantitative estimate of drug-likeness (QED) is 0.720. The van der Waals surface area contributed by atoms with Crippen LogP contribution in [0.3, 0.4) is 0 Å². The molecule has 1 saturated carbocycles. The normalized spacial score (nSPS) is 28.0. The van der Waals surface area contributed by atoms with Crippen LogP contribution in [-0.4, -0.2) is 24.0 Å². The van der Waals surface area contributed by atoms with Crippen LogP contribution in [0.4, 0.5) is 8.78 Å². The van der Waals surface area contributed by atoms with Crippen molar-refractivity contribution in [2.24, 2.45) is 22.0 Å². The topological polar surface area (TPSA) is 34.0 Å². The summed E-state index contributed by atoms with van der Waals surface area (Å²) >= 11 is 0. The summed E-state index contributed by atoms with van der Waals surface area (Å²) in [6.07, 6.45) is 7.31. The van der Waals surface area contributed by atoms with Gasteiger partial charge in [-0.05, 0) is 60.6 Å². The van der Waals surface area contributed by atoms with Crippen molar-refractivity contribution in [3.8, 4) is 5.75 Å². The number of fused-ring (bicyclic) bond motifs is 2. The molecule has 1 fully saturated rings. The van der Waals surface area contributed by atoms with Crippen LogP contribution in [-0.2, 0) is 6.42 Å². The molecule has 0 radical (unpaired) electrons. The van der Waals surface area contributed by atoms with Gasteiger partial charge in [0.15, 0.2) is 0 Å². The van der Waals surface area contributed by atoms with E-state index in [2.05, 4.69) is 41.4 Å². The lowest BCUT2D eigenvalue weighted by molar-refractivity contribution is 0.100. The third-order valence-electron chi connectivity index (χ3n) is 6.12. The van der Waals surface area contributed by atoms with Gasteiger partial charge in [0.05, 0.1) is 12.3 Å². The Labute approximate surface area is 157 Å². The van der Waals surface area contributed by atoms with Crippen molar-refractivity contribution < 1.29 is 13.5 Å². The summed E-state index contributed by atoms with van der Waals surface area (Å²) in [6, 6.07) is 6.33. The van der Waals surface area contributed by atoms with Crippen molar-refractivity contribution in [1.29, 1.82) is 0 Å². The predicted molar refractivity (Wildman–Crippen MR) is 103 cm³/mol. The molecule has 0 aromatic heterocycles. The minimum Gasteiger partial charge on any atom is -0.493 e. The molecule has 2 aliphatic heterocycles. The molecule has 2 unspecified atom stereocenters. The number of alkyl halides is 2. The third kappa shape index (κ3) is 3.03. The smallest absolute Gasteiger partial charge is 0.252 e. The largest absolute Gasteiger partial charge is 0.493 e. The lowest BCUT2D eigenvalue weighted by Crippen LogP contribution is -2.17. The van der Waals surface area contributed by atoms with Crippen LogP contribution in [0, 0.1) is 11.8 Å². The zero-order valence-electron chi connectivity index (χ0n) is 15.3. The minimum atomic E-state index is -2.49. The first kappa shape index (κ1) is 16.8. The van der Waals surface area contributed by atoms with E-state index in [0.717, 1.165) is 54.2 Å². The molecule has 2 atom stereocenters. The molecule has 1 aromatic carbocycles. The van der Waals surface area contributed by atoms with Gasteiger partial charge < -0.3 is 4.74 Å². The first-order valence-electron chi connectivity index (χ1n) is 9.68. The van der Waals surface area contributed by atoms with Gasteiger partial charge in [-0.1, -0.05) is 18.2 Å². The summed E-state index contributed by atoms with van der Waals surface area (Å²) in [5.74, 6) is -1.83. The number of ether oxygens (including phenoxy) is 1. The van der Waals surface area contributed by atoms with Crippen molar-refractivity contribution in [1.82, 2.24) is 0 Å². The number of hydrogen-bond donors (Lipinski definition) is 0. The van der Waals surface area contributed by atoms with E-state index in [1.807, 2.05) is 6.07 Å². The highest BCUT2D eigenvalue weighted by molar-refractivity contribution is 6.12. The summed E-state index contributed by atoms with van der Waals surface area (Å²) in [4.78, 5) is 0. The molecule has 0 saturated heterocycles. The fraction of sp³-hybridized carbons (Fsp3) is 0.455. The number of rotatable bonds is 3. The Balaban J connectivity index is 1.43. The Bertz CT molecular complexity index is 926. The Hall–Kier alpha value is -2.30. The van der Waals surface area contributed by atoms with Crippen LogP contribution in [0.5, 0.6) is 5.75 Å². The molecular weight excluding hydrogens is 346 g/mol. The molecular formula is C22H22F2N2O. The van der Waals surface area contributed by atoms with E-state index >= 15 is 0 Å². The van der Waals surface area contributed by atoms with Crippen LogP contribution in [0.15, 0.2) is 46.1 Å². The Morgan fingerprint density at radius 3 is 2.89 bits per heavy atom. The fourth-order valence-corrected chi connectivity index (χ4v) is 4.31. The van der Waals surface area contributed by atoms with Gasteiger partial charge in [-0.3, -0.25) is 0 Å². The zero-order valence-corrected chi connectivity index (χ0v) is 15.3. The van der Waals surface area contributed by atoms with E-state index in [1.54, 1.807) is 0 Å². The average Bonchev–Trinajstić information content (AvgIpc) is 3.07. The van der Waals surface area contributed by atoms with Crippen LogP contribution in [0.2, 0.25) is 0 Å². The van der Waals surface area contributed by atoms with Gasteiger partial charge in [0.2, 0.25) is 0 Å². The number of nitrogens with zero attached hydrogens (tertiary/aromatic N) is 2. The standard InChI is InChI=1S/C22H22F2N2O/c1-13-19(15-4-7-20-16(10-15)8-9-27-20)6-3-14-2-5-18(25-26-21(13)14)11-17-12-22(17,23)24/h3-4,6-7,10,14,17H,2,5,8-9,11-12H2,1H3. The maximum Gasteiger partial charge on any atom is 0.252 e. The highest BCUT2D eigenvalue weighted by Crippen LogP contribution is 2.51. The van der Waals surface area contributed by atoms with Gasteiger partial charge in [0.1, 0.15) is 5.75 Å². The maximum atomic E-state index is 13.2. The van der Waals surface area contributed by atoms with Crippen LogP contribution in [0.25, 0.3) is 5.57 Å². The Morgan fingerprint density at radius 1 is 1.22 bits per heavy atom. The second-order valence-corrected chi connectivity index (χ2v) is 7.98. The van der Waals surface area contributed by atoms with Gasteiger partial charge >= 0.3 is 0 Å². The fourth-order valence-electron chi connectivity index (χ4n) is 4.31. The monoisotopic (exact) mass is 368 g/mol. The molecule has 0 spiro atoms. The van der Waals surface area contributed by atoms with E-state index in [9.17, 15) is 8.78 Å². The van der Waals surface area contributed by atoms with Gasteiger partial charge in [-0.25, -0.2) is 8.78 Å². The lowest BCUT2D eigenvalue weighted by Gasteiger charge is -2.21. The molecule has 27 heavy (non-hydrogen) atoms. The van der Waals surface area contributed by atoms with Crippen molar-refractivity contribution in [3.63, 3.8) is 0 Å². The second kappa shape index (κ2) is 6.11. The van der Waals surface area contributed by atoms with E-state index in [-0.39, 0.29) is 12.3 Å². The third-order valence-corrected chi connectivity index (χ3v) is 6.12. The first-order valence-corrected chi connectivity index (χ1v) is 9.68. The van der Waals surface area contributed by atoms with Crippen molar-refractivity contribution in [2.75, 3.05) is 6.61 Å². The number of hydrogen-bond acceptors (Lipinski definition) is 3. The first-order chi connectivity index (χ1) is 13.0. The number of benzene rings is 1. The molecule has 3 nitrogen and oxygen atoms in total. The van der Waals surface area contributed by atoms with Gasteiger partial charge in [-0.2, -0.15) is 10.2 Å². The molecule has 2 aliphatic carbocycles. The molecule has 0 bridgehead atoms. The minimum absolute atomic E-state index is 0.00293. The number of allylic oxidation sites excluding steroid dienone is 4. The highest BCUT2D eigenvalue weighted by Gasteiger charge is 2.56. The predicted octanol–water partition coefficient (Wildman–Crippen LogP) is 5.22. The summed E-state index contributed by atoms with van der Waals surface area (Å²) in [5, 5.41) is 8.88. The molecule has 1 aromatic rings. The molecule has 0 N–H and O–H groups in total. The van der Waals surface area contributed by atoms with Gasteiger partial charge in [0.25, 0.3) is 5.92 Å². The van der Waals surface area contributed by atoms with Crippen molar-refractivity contribution in [3.05, 3.63) is 47.1 Å². The Morgan fingerprint density at radius 2 is 2.07 bits per heavy atom. The Kier molecular flexibility index (Phi) is 3.81. The molecule has 2 heterocycles. The lowest BCUT2D eigenvalue weighted by atomic mass is 9.83.